The Morgan fingerprint density at radius 3 is 2.80 bits per heavy atom. The molecule has 1 unspecified atom stereocenters. The minimum absolute atomic E-state index is 0.163. The van der Waals surface area contributed by atoms with E-state index >= 15 is 0 Å². The van der Waals surface area contributed by atoms with Crippen molar-refractivity contribution in [1.82, 2.24) is 10.1 Å². The van der Waals surface area contributed by atoms with Crippen molar-refractivity contribution in [3.05, 3.63) is 46.6 Å². The number of benzene rings is 1. The van der Waals surface area contributed by atoms with E-state index in [4.69, 9.17) is 10.3 Å². The standard InChI is InChI=1S/C15H21N3OS/c1-10-4-5-12(8-11(10)2)9-14-17-15(19-18-14)13(16)6-7-20-3/h4-5,8,13H,6-7,9,16H2,1-3H3. The third-order valence-electron chi connectivity index (χ3n) is 3.37. The fraction of sp³-hybridized carbons (Fsp3) is 0.467. The van der Waals surface area contributed by atoms with Crippen LogP contribution in [-0.4, -0.2) is 22.1 Å². The molecule has 0 aliphatic heterocycles. The third-order valence-corrected chi connectivity index (χ3v) is 4.01. The Morgan fingerprint density at radius 2 is 2.10 bits per heavy atom. The molecular formula is C15H21N3OS. The number of aromatic nitrogens is 2. The summed E-state index contributed by atoms with van der Waals surface area (Å²) in [5.41, 5.74) is 9.79. The van der Waals surface area contributed by atoms with E-state index in [0.717, 1.165) is 12.2 Å². The van der Waals surface area contributed by atoms with Gasteiger partial charge in [0.25, 0.3) is 0 Å². The Balaban J connectivity index is 2.03. The van der Waals surface area contributed by atoms with E-state index in [1.165, 1.54) is 16.7 Å². The lowest BCUT2D eigenvalue weighted by Crippen LogP contribution is -2.11. The second kappa shape index (κ2) is 6.90. The molecule has 0 saturated carbocycles. The summed E-state index contributed by atoms with van der Waals surface area (Å²) >= 11 is 1.77. The summed E-state index contributed by atoms with van der Waals surface area (Å²) in [5.74, 6) is 2.23. The number of nitrogens with two attached hydrogens (primary N) is 1. The highest BCUT2D eigenvalue weighted by molar-refractivity contribution is 7.98. The zero-order valence-electron chi connectivity index (χ0n) is 12.2. The van der Waals surface area contributed by atoms with Gasteiger partial charge in [0.15, 0.2) is 5.82 Å². The Labute approximate surface area is 124 Å². The van der Waals surface area contributed by atoms with Crippen LogP contribution < -0.4 is 5.73 Å². The van der Waals surface area contributed by atoms with Crippen LogP contribution >= 0.6 is 11.8 Å². The topological polar surface area (TPSA) is 64.9 Å². The highest BCUT2D eigenvalue weighted by Crippen LogP contribution is 2.16. The van der Waals surface area contributed by atoms with Gasteiger partial charge in [-0.25, -0.2) is 0 Å². The van der Waals surface area contributed by atoms with Gasteiger partial charge in [-0.1, -0.05) is 23.4 Å². The largest absolute Gasteiger partial charge is 0.338 e. The predicted octanol–water partition coefficient (Wildman–Crippen LogP) is 3.03. The number of nitrogens with zero attached hydrogens (tertiary/aromatic N) is 2. The van der Waals surface area contributed by atoms with Gasteiger partial charge in [0, 0.05) is 6.42 Å². The van der Waals surface area contributed by atoms with E-state index < -0.39 is 0 Å². The molecule has 2 N–H and O–H groups in total. The van der Waals surface area contributed by atoms with Crippen LogP contribution in [0.4, 0.5) is 0 Å². The number of aryl methyl sites for hydroxylation is 2. The van der Waals surface area contributed by atoms with Gasteiger partial charge in [0.05, 0.1) is 6.04 Å². The minimum atomic E-state index is -0.163. The van der Waals surface area contributed by atoms with E-state index in [9.17, 15) is 0 Å². The Bertz CT molecular complexity index is 568. The quantitative estimate of drug-likeness (QED) is 0.886. The maximum absolute atomic E-state index is 6.02. The molecule has 20 heavy (non-hydrogen) atoms. The molecular weight excluding hydrogens is 270 g/mol. The molecule has 2 rings (SSSR count). The van der Waals surface area contributed by atoms with E-state index in [1.54, 1.807) is 11.8 Å². The van der Waals surface area contributed by atoms with Crippen molar-refractivity contribution in [2.24, 2.45) is 5.73 Å². The summed E-state index contributed by atoms with van der Waals surface area (Å²) in [7, 11) is 0. The lowest BCUT2D eigenvalue weighted by Gasteiger charge is -2.04. The van der Waals surface area contributed by atoms with Gasteiger partial charge in [-0.2, -0.15) is 16.7 Å². The highest BCUT2D eigenvalue weighted by atomic mass is 32.2. The molecule has 0 aliphatic rings. The van der Waals surface area contributed by atoms with Gasteiger partial charge in [0.1, 0.15) is 0 Å². The fourth-order valence-corrected chi connectivity index (χ4v) is 2.44. The summed E-state index contributed by atoms with van der Waals surface area (Å²) in [6, 6.07) is 6.23. The molecule has 1 aromatic heterocycles. The number of hydrogen-bond acceptors (Lipinski definition) is 5. The van der Waals surface area contributed by atoms with Crippen LogP contribution in [0.3, 0.4) is 0 Å². The van der Waals surface area contributed by atoms with Gasteiger partial charge in [-0.15, -0.1) is 0 Å². The molecule has 0 amide bonds. The van der Waals surface area contributed by atoms with Gasteiger partial charge in [-0.3, -0.25) is 0 Å². The lowest BCUT2D eigenvalue weighted by molar-refractivity contribution is 0.349. The van der Waals surface area contributed by atoms with Gasteiger partial charge < -0.3 is 10.3 Å². The molecule has 1 atom stereocenters. The van der Waals surface area contributed by atoms with Crippen LogP contribution in [0.25, 0.3) is 0 Å². The monoisotopic (exact) mass is 291 g/mol. The first-order valence-electron chi connectivity index (χ1n) is 6.73. The molecule has 1 aromatic carbocycles. The number of hydrogen-bond donors (Lipinski definition) is 1. The third kappa shape index (κ3) is 3.84. The first-order chi connectivity index (χ1) is 9.60. The van der Waals surface area contributed by atoms with Crippen molar-refractivity contribution in [3.8, 4) is 0 Å². The summed E-state index contributed by atoms with van der Waals surface area (Å²) in [4.78, 5) is 4.40. The van der Waals surface area contributed by atoms with Gasteiger partial charge in [-0.05, 0) is 49.0 Å². The number of rotatable bonds is 6. The van der Waals surface area contributed by atoms with Crippen LogP contribution in [0.1, 0.15) is 40.9 Å². The zero-order chi connectivity index (χ0) is 14.5. The zero-order valence-corrected chi connectivity index (χ0v) is 13.0. The second-order valence-electron chi connectivity index (χ2n) is 5.03. The van der Waals surface area contributed by atoms with Gasteiger partial charge >= 0.3 is 0 Å². The highest BCUT2D eigenvalue weighted by Gasteiger charge is 2.14. The van der Waals surface area contributed by atoms with Crippen molar-refractivity contribution in [2.45, 2.75) is 32.7 Å². The normalized spacial score (nSPS) is 12.6. The molecule has 4 nitrogen and oxygen atoms in total. The molecule has 1 heterocycles. The first kappa shape index (κ1) is 15.1. The molecule has 2 aromatic rings. The van der Waals surface area contributed by atoms with Crippen molar-refractivity contribution in [1.29, 1.82) is 0 Å². The van der Waals surface area contributed by atoms with Crippen LogP contribution in [0.2, 0.25) is 0 Å². The Kier molecular flexibility index (Phi) is 5.20. The van der Waals surface area contributed by atoms with Crippen molar-refractivity contribution in [3.63, 3.8) is 0 Å². The number of thioether (sulfide) groups is 1. The van der Waals surface area contributed by atoms with Crippen molar-refractivity contribution >= 4 is 11.8 Å². The van der Waals surface area contributed by atoms with E-state index in [1.807, 2.05) is 0 Å². The first-order valence-corrected chi connectivity index (χ1v) is 8.12. The van der Waals surface area contributed by atoms with E-state index in [-0.39, 0.29) is 6.04 Å². The van der Waals surface area contributed by atoms with E-state index in [2.05, 4.69) is 48.4 Å². The lowest BCUT2D eigenvalue weighted by atomic mass is 10.0. The van der Waals surface area contributed by atoms with Crippen LogP contribution in [0.15, 0.2) is 22.7 Å². The summed E-state index contributed by atoms with van der Waals surface area (Å²) in [6.07, 6.45) is 3.60. The molecule has 108 valence electrons. The molecule has 0 radical (unpaired) electrons. The second-order valence-corrected chi connectivity index (χ2v) is 6.02. The summed E-state index contributed by atoms with van der Waals surface area (Å²) in [5, 5.41) is 4.02. The Morgan fingerprint density at radius 1 is 1.30 bits per heavy atom. The minimum Gasteiger partial charge on any atom is -0.338 e. The van der Waals surface area contributed by atoms with Crippen molar-refractivity contribution in [2.75, 3.05) is 12.0 Å². The maximum atomic E-state index is 6.02. The van der Waals surface area contributed by atoms with Crippen LogP contribution in [0.5, 0.6) is 0 Å². The van der Waals surface area contributed by atoms with Crippen LogP contribution in [0, 0.1) is 13.8 Å². The molecule has 0 saturated heterocycles. The Hall–Kier alpha value is -1.33. The average molecular weight is 291 g/mol. The van der Waals surface area contributed by atoms with Crippen LogP contribution in [-0.2, 0) is 6.42 Å². The molecule has 0 bridgehead atoms. The maximum Gasteiger partial charge on any atom is 0.243 e. The fourth-order valence-electron chi connectivity index (χ4n) is 1.95. The smallest absolute Gasteiger partial charge is 0.243 e. The molecule has 0 aliphatic carbocycles. The van der Waals surface area contributed by atoms with Gasteiger partial charge in [0.2, 0.25) is 5.89 Å². The van der Waals surface area contributed by atoms with E-state index in [0.29, 0.717) is 18.1 Å². The molecule has 0 fully saturated rings. The average Bonchev–Trinajstić information content (AvgIpc) is 2.89. The predicted molar refractivity (Wildman–Crippen MR) is 82.9 cm³/mol. The molecule has 5 heteroatoms. The SMILES string of the molecule is CSCCC(N)c1nc(Cc2ccc(C)c(C)c2)no1. The van der Waals surface area contributed by atoms with Crippen molar-refractivity contribution < 1.29 is 4.52 Å². The molecule has 0 spiro atoms. The summed E-state index contributed by atoms with van der Waals surface area (Å²) < 4.78 is 5.25. The summed E-state index contributed by atoms with van der Waals surface area (Å²) in [6.45, 7) is 4.22.